The first-order valence-electron chi connectivity index (χ1n) is 6.58. The van der Waals surface area contributed by atoms with Crippen molar-refractivity contribution in [1.82, 2.24) is 0 Å². The van der Waals surface area contributed by atoms with Crippen molar-refractivity contribution in [2.75, 3.05) is 17.2 Å². The van der Waals surface area contributed by atoms with E-state index in [9.17, 15) is 4.79 Å². The van der Waals surface area contributed by atoms with Crippen molar-refractivity contribution < 1.29 is 9.53 Å². The number of nitrogens with one attached hydrogen (secondary N) is 2. The van der Waals surface area contributed by atoms with E-state index in [2.05, 4.69) is 10.6 Å². The van der Waals surface area contributed by atoms with Crippen LogP contribution in [-0.4, -0.2) is 13.0 Å². The first kappa shape index (κ1) is 13.9. The van der Waals surface area contributed by atoms with Gasteiger partial charge < -0.3 is 15.4 Å². The summed E-state index contributed by atoms with van der Waals surface area (Å²) in [5.74, 6) is 0.655. The lowest BCUT2D eigenvalue weighted by Gasteiger charge is -2.13. The first-order valence-corrected chi connectivity index (χ1v) is 6.58. The zero-order valence-electron chi connectivity index (χ0n) is 11.4. The molecule has 0 aliphatic heterocycles. The molecule has 0 saturated carbocycles. The third-order valence-corrected chi connectivity index (χ3v) is 2.81. The molecule has 0 heterocycles. The van der Waals surface area contributed by atoms with Gasteiger partial charge in [-0.05, 0) is 30.7 Å². The zero-order chi connectivity index (χ0) is 14.2. The van der Waals surface area contributed by atoms with Crippen LogP contribution in [0.4, 0.5) is 11.4 Å². The highest BCUT2D eigenvalue weighted by atomic mass is 16.5. The van der Waals surface area contributed by atoms with Crippen molar-refractivity contribution in [3.63, 3.8) is 0 Å². The largest absolute Gasteiger partial charge is 0.487 e. The smallest absolute Gasteiger partial charge is 0.211 e. The van der Waals surface area contributed by atoms with E-state index in [0.717, 1.165) is 17.8 Å². The summed E-state index contributed by atoms with van der Waals surface area (Å²) in [5.41, 5.74) is 2.69. The molecule has 1 amide bonds. The molecule has 20 heavy (non-hydrogen) atoms. The minimum absolute atomic E-state index is 0.467. The van der Waals surface area contributed by atoms with Crippen LogP contribution in [0.25, 0.3) is 0 Å². The van der Waals surface area contributed by atoms with Gasteiger partial charge in [-0.1, -0.05) is 30.3 Å². The summed E-state index contributed by atoms with van der Waals surface area (Å²) < 4.78 is 5.76. The number of amides is 1. The van der Waals surface area contributed by atoms with Crippen LogP contribution in [0.2, 0.25) is 0 Å². The maximum Gasteiger partial charge on any atom is 0.211 e. The van der Waals surface area contributed by atoms with Crippen LogP contribution in [0.15, 0.2) is 48.5 Å². The molecule has 2 aromatic rings. The molecule has 4 nitrogen and oxygen atoms in total. The van der Waals surface area contributed by atoms with Gasteiger partial charge in [0.25, 0.3) is 0 Å². The highest BCUT2D eigenvalue weighted by Crippen LogP contribution is 2.28. The highest BCUT2D eigenvalue weighted by molar-refractivity contribution is 5.78. The van der Waals surface area contributed by atoms with Crippen LogP contribution >= 0.6 is 0 Å². The molecule has 2 N–H and O–H groups in total. The highest BCUT2D eigenvalue weighted by Gasteiger charge is 2.05. The molecule has 104 valence electrons. The summed E-state index contributed by atoms with van der Waals surface area (Å²) in [6.45, 7) is 3.31. The summed E-state index contributed by atoms with van der Waals surface area (Å²) in [4.78, 5) is 10.7. The molecule has 2 aromatic carbocycles. The second-order valence-electron chi connectivity index (χ2n) is 4.28. The molecule has 0 saturated heterocycles. The van der Waals surface area contributed by atoms with Gasteiger partial charge in [-0.25, -0.2) is 0 Å². The fourth-order valence-corrected chi connectivity index (χ4v) is 1.88. The third-order valence-electron chi connectivity index (χ3n) is 2.81. The predicted molar refractivity (Wildman–Crippen MR) is 81.1 cm³/mol. The normalized spacial score (nSPS) is 9.85. The Morgan fingerprint density at radius 2 is 1.95 bits per heavy atom. The maximum absolute atomic E-state index is 10.7. The van der Waals surface area contributed by atoms with Crippen LogP contribution < -0.4 is 15.4 Å². The molecule has 0 spiro atoms. The number of ether oxygens (including phenoxy) is 1. The van der Waals surface area contributed by atoms with Gasteiger partial charge in [0.1, 0.15) is 12.4 Å². The monoisotopic (exact) mass is 270 g/mol. The molecule has 0 aromatic heterocycles. The van der Waals surface area contributed by atoms with Crippen LogP contribution in [-0.2, 0) is 11.4 Å². The Morgan fingerprint density at radius 1 is 1.15 bits per heavy atom. The predicted octanol–water partition coefficient (Wildman–Crippen LogP) is 3.27. The lowest BCUT2D eigenvalue weighted by atomic mass is 10.2. The van der Waals surface area contributed by atoms with Crippen LogP contribution in [0.1, 0.15) is 12.5 Å². The van der Waals surface area contributed by atoms with Gasteiger partial charge in [-0.3, -0.25) is 4.79 Å². The fraction of sp³-hybridized carbons (Fsp3) is 0.188. The van der Waals surface area contributed by atoms with E-state index < -0.39 is 0 Å². The molecule has 0 fully saturated rings. The molecule has 0 radical (unpaired) electrons. The zero-order valence-corrected chi connectivity index (χ0v) is 11.4. The molecule has 0 aliphatic rings. The van der Waals surface area contributed by atoms with Gasteiger partial charge in [0.05, 0.1) is 5.69 Å². The number of anilines is 2. The number of rotatable bonds is 7. The van der Waals surface area contributed by atoms with Gasteiger partial charge in [0.2, 0.25) is 6.41 Å². The Morgan fingerprint density at radius 3 is 2.65 bits per heavy atom. The minimum atomic E-state index is 0.467. The molecule has 0 bridgehead atoms. The number of hydrogen-bond acceptors (Lipinski definition) is 3. The molecule has 2 rings (SSSR count). The Labute approximate surface area is 118 Å². The van der Waals surface area contributed by atoms with E-state index in [1.165, 1.54) is 0 Å². The van der Waals surface area contributed by atoms with Crippen molar-refractivity contribution in [3.8, 4) is 5.75 Å². The average molecular weight is 270 g/mol. The van der Waals surface area contributed by atoms with E-state index in [1.807, 2.05) is 55.5 Å². The maximum atomic E-state index is 10.7. The standard InChI is InChI=1S/C16H18N2O2/c1-2-17-14-8-9-16(15(10-14)18-12-19)20-11-13-6-4-3-5-7-13/h3-10,12,17H,2,11H2,1H3,(H,18,19). The van der Waals surface area contributed by atoms with Gasteiger partial charge in [-0.15, -0.1) is 0 Å². The van der Waals surface area contributed by atoms with E-state index in [0.29, 0.717) is 24.5 Å². The second-order valence-corrected chi connectivity index (χ2v) is 4.28. The first-order chi connectivity index (χ1) is 9.83. The molecule has 0 aliphatic carbocycles. The number of benzene rings is 2. The average Bonchev–Trinajstić information content (AvgIpc) is 2.48. The van der Waals surface area contributed by atoms with E-state index >= 15 is 0 Å². The van der Waals surface area contributed by atoms with Crippen molar-refractivity contribution >= 4 is 17.8 Å². The molecule has 0 atom stereocenters. The van der Waals surface area contributed by atoms with Crippen LogP contribution in [0.5, 0.6) is 5.75 Å². The minimum Gasteiger partial charge on any atom is -0.487 e. The van der Waals surface area contributed by atoms with Crippen molar-refractivity contribution in [1.29, 1.82) is 0 Å². The summed E-state index contributed by atoms with van der Waals surface area (Å²) in [6.07, 6.45) is 0.653. The quantitative estimate of drug-likeness (QED) is 0.759. The Hall–Kier alpha value is -2.49. The van der Waals surface area contributed by atoms with E-state index in [-0.39, 0.29) is 0 Å². The van der Waals surface area contributed by atoms with Gasteiger partial charge in [0.15, 0.2) is 0 Å². The number of carbonyl (C=O) groups excluding carboxylic acids is 1. The SMILES string of the molecule is CCNc1ccc(OCc2ccccc2)c(NC=O)c1. The number of hydrogen-bond donors (Lipinski definition) is 2. The van der Waals surface area contributed by atoms with Crippen molar-refractivity contribution in [3.05, 3.63) is 54.1 Å². The number of carbonyl (C=O) groups is 1. The van der Waals surface area contributed by atoms with E-state index in [1.54, 1.807) is 0 Å². The summed E-state index contributed by atoms with van der Waals surface area (Å²) in [7, 11) is 0. The topological polar surface area (TPSA) is 50.4 Å². The van der Waals surface area contributed by atoms with Crippen LogP contribution in [0.3, 0.4) is 0 Å². The summed E-state index contributed by atoms with van der Waals surface area (Å²) in [5, 5.41) is 5.86. The lowest BCUT2D eigenvalue weighted by molar-refractivity contribution is -0.105. The second kappa shape index (κ2) is 7.19. The van der Waals surface area contributed by atoms with Crippen molar-refractivity contribution in [2.24, 2.45) is 0 Å². The third kappa shape index (κ3) is 3.75. The summed E-state index contributed by atoms with van der Waals surface area (Å²) in [6, 6.07) is 15.5. The van der Waals surface area contributed by atoms with Crippen LogP contribution in [0, 0.1) is 0 Å². The van der Waals surface area contributed by atoms with Gasteiger partial charge >= 0.3 is 0 Å². The lowest BCUT2D eigenvalue weighted by Crippen LogP contribution is -2.03. The van der Waals surface area contributed by atoms with Gasteiger partial charge in [-0.2, -0.15) is 0 Å². The summed E-state index contributed by atoms with van der Waals surface area (Å²) >= 11 is 0. The van der Waals surface area contributed by atoms with Gasteiger partial charge in [0, 0.05) is 12.2 Å². The molecule has 0 unspecified atom stereocenters. The van der Waals surface area contributed by atoms with E-state index in [4.69, 9.17) is 4.74 Å². The molecular weight excluding hydrogens is 252 g/mol. The Bertz CT molecular complexity index is 556. The Balaban J connectivity index is 2.11. The molecule has 4 heteroatoms. The Kier molecular flexibility index (Phi) is 5.00. The fourth-order valence-electron chi connectivity index (χ4n) is 1.88. The molecular formula is C16H18N2O2. The van der Waals surface area contributed by atoms with Crippen molar-refractivity contribution in [2.45, 2.75) is 13.5 Å².